The van der Waals surface area contributed by atoms with Gasteiger partial charge in [-0.3, -0.25) is 0 Å². The molecule has 0 aliphatic heterocycles. The van der Waals surface area contributed by atoms with Crippen LogP contribution in [-0.4, -0.2) is 15.0 Å². The summed E-state index contributed by atoms with van der Waals surface area (Å²) in [4.78, 5) is 15.2. The molecule has 4 heteroatoms. The van der Waals surface area contributed by atoms with Crippen LogP contribution in [0.3, 0.4) is 0 Å². The number of nitriles is 1. The molecule has 2 bridgehead atoms. The zero-order valence-electron chi connectivity index (χ0n) is 28.2. The number of fused-ring (bicyclic) bond motifs is 2. The van der Waals surface area contributed by atoms with Gasteiger partial charge >= 0.3 is 0 Å². The van der Waals surface area contributed by atoms with Gasteiger partial charge in [-0.1, -0.05) is 123 Å². The lowest BCUT2D eigenvalue weighted by Gasteiger charge is -2.50. The van der Waals surface area contributed by atoms with Crippen LogP contribution in [0.15, 0.2) is 127 Å². The first-order valence-corrected chi connectivity index (χ1v) is 17.6. The maximum atomic E-state index is 10.3. The minimum Gasteiger partial charge on any atom is -0.208 e. The molecule has 0 N–H and O–H groups in total. The molecule has 2 aliphatic rings. The van der Waals surface area contributed by atoms with E-state index in [2.05, 4.69) is 129 Å². The van der Waals surface area contributed by atoms with Crippen molar-refractivity contribution >= 4 is 0 Å². The van der Waals surface area contributed by atoms with Crippen molar-refractivity contribution in [2.75, 3.05) is 0 Å². The van der Waals surface area contributed by atoms with E-state index in [-0.39, 0.29) is 5.41 Å². The molecule has 1 heterocycles. The van der Waals surface area contributed by atoms with E-state index >= 15 is 0 Å². The van der Waals surface area contributed by atoms with Crippen LogP contribution in [0.25, 0.3) is 56.4 Å². The lowest BCUT2D eigenvalue weighted by Crippen LogP contribution is -2.42. The molecule has 0 amide bonds. The Bertz CT molecular complexity index is 2010. The minimum absolute atomic E-state index is 0.0842. The first-order chi connectivity index (χ1) is 23.9. The highest BCUT2D eigenvalue weighted by Gasteiger charge is 2.45. The first kappa shape index (κ1) is 30.9. The normalized spacial score (nSPS) is 21.5. The van der Waals surface area contributed by atoms with Gasteiger partial charge in [-0.2, -0.15) is 5.26 Å². The number of aromatic nitrogens is 3. The van der Waals surface area contributed by atoms with Crippen molar-refractivity contribution in [3.8, 4) is 62.5 Å². The summed E-state index contributed by atoms with van der Waals surface area (Å²) in [5.41, 5.74) is 9.36. The average Bonchev–Trinajstić information content (AvgIpc) is 3.14. The zero-order chi connectivity index (χ0) is 33.4. The molecule has 1 aromatic heterocycles. The smallest absolute Gasteiger partial charge is 0.164 e. The number of nitrogens with zero attached hydrogens (tertiary/aromatic N) is 4. The van der Waals surface area contributed by atoms with Crippen LogP contribution in [0.1, 0.15) is 57.1 Å². The van der Waals surface area contributed by atoms with Crippen molar-refractivity contribution in [3.63, 3.8) is 0 Å². The molecule has 240 valence electrons. The minimum atomic E-state index is 0.0842. The summed E-state index contributed by atoms with van der Waals surface area (Å²) >= 11 is 0. The molecule has 2 aliphatic carbocycles. The van der Waals surface area contributed by atoms with Gasteiger partial charge < -0.3 is 0 Å². The van der Waals surface area contributed by atoms with Gasteiger partial charge in [-0.15, -0.1) is 0 Å². The van der Waals surface area contributed by atoms with Gasteiger partial charge in [0.25, 0.3) is 0 Å². The molecule has 0 spiro atoms. The van der Waals surface area contributed by atoms with Gasteiger partial charge in [-0.25, -0.2) is 15.0 Å². The van der Waals surface area contributed by atoms with Crippen molar-refractivity contribution in [2.24, 2.45) is 17.8 Å². The van der Waals surface area contributed by atoms with E-state index in [0.29, 0.717) is 34.9 Å². The predicted molar refractivity (Wildman–Crippen MR) is 198 cm³/mol. The molecular weight excluding hydrogens is 597 g/mol. The number of rotatable bonds is 6. The standard InChI is InChI=1S/C45H40N4/c1-30-21-32-22-31(2)27-45(26-30,28-32)41-24-33(29-46)23-40(25-41)44-48-42(38-17-13-36(14-18-38)34-9-5-3-6-10-34)47-43(49-44)39-19-15-37(16-20-39)35-11-7-4-8-12-35/h3-20,23-25,30-32H,21-22,26-28H2,1-2H3/t30-,31+,32?,45?. The fraction of sp³-hybridized carbons (Fsp3) is 0.244. The van der Waals surface area contributed by atoms with Crippen molar-refractivity contribution < 1.29 is 0 Å². The first-order valence-electron chi connectivity index (χ1n) is 17.6. The Hall–Kier alpha value is -5.40. The van der Waals surface area contributed by atoms with Gasteiger partial charge in [0.05, 0.1) is 11.6 Å². The Morgan fingerprint density at radius 3 is 1.41 bits per heavy atom. The highest BCUT2D eigenvalue weighted by atomic mass is 15.0. The number of benzene rings is 5. The van der Waals surface area contributed by atoms with Gasteiger partial charge in [0.1, 0.15) is 0 Å². The fourth-order valence-electron chi connectivity index (χ4n) is 8.83. The maximum absolute atomic E-state index is 10.3. The molecule has 0 radical (unpaired) electrons. The third-order valence-corrected chi connectivity index (χ3v) is 10.7. The summed E-state index contributed by atoms with van der Waals surface area (Å²) in [5.74, 6) is 3.92. The zero-order valence-corrected chi connectivity index (χ0v) is 28.2. The molecule has 4 atom stereocenters. The Labute approximate surface area is 289 Å². The topological polar surface area (TPSA) is 62.5 Å². The second-order valence-corrected chi connectivity index (χ2v) is 14.5. The number of hydrogen-bond donors (Lipinski definition) is 0. The largest absolute Gasteiger partial charge is 0.208 e. The van der Waals surface area contributed by atoms with Crippen LogP contribution in [0.5, 0.6) is 0 Å². The second-order valence-electron chi connectivity index (χ2n) is 14.5. The molecule has 0 saturated heterocycles. The molecule has 4 nitrogen and oxygen atoms in total. The third-order valence-electron chi connectivity index (χ3n) is 10.7. The van der Waals surface area contributed by atoms with E-state index in [1.54, 1.807) is 0 Å². The summed E-state index contributed by atoms with van der Waals surface area (Å²) in [6, 6.07) is 46.5. The van der Waals surface area contributed by atoms with Gasteiger partial charge in [0.15, 0.2) is 17.5 Å². The van der Waals surface area contributed by atoms with Crippen molar-refractivity contribution in [1.82, 2.24) is 15.0 Å². The van der Waals surface area contributed by atoms with Crippen molar-refractivity contribution in [3.05, 3.63) is 139 Å². The quantitative estimate of drug-likeness (QED) is 0.182. The van der Waals surface area contributed by atoms with Crippen LogP contribution < -0.4 is 0 Å². The summed E-state index contributed by atoms with van der Waals surface area (Å²) in [5, 5.41) is 10.3. The molecule has 8 rings (SSSR count). The highest BCUT2D eigenvalue weighted by Crippen LogP contribution is 2.54. The van der Waals surface area contributed by atoms with Gasteiger partial charge in [0.2, 0.25) is 0 Å². The molecule has 2 saturated carbocycles. The van der Waals surface area contributed by atoms with E-state index in [1.165, 1.54) is 36.0 Å². The fourth-order valence-corrected chi connectivity index (χ4v) is 8.83. The molecule has 6 aromatic rings. The van der Waals surface area contributed by atoms with E-state index < -0.39 is 0 Å². The molecule has 2 fully saturated rings. The highest BCUT2D eigenvalue weighted by molar-refractivity contribution is 5.72. The van der Waals surface area contributed by atoms with Gasteiger partial charge in [-0.05, 0) is 101 Å². The Kier molecular flexibility index (Phi) is 8.14. The predicted octanol–water partition coefficient (Wildman–Crippen LogP) is 11.2. The lowest BCUT2D eigenvalue weighted by molar-refractivity contribution is 0.0780. The van der Waals surface area contributed by atoms with Crippen LogP contribution in [0, 0.1) is 29.1 Å². The van der Waals surface area contributed by atoms with Crippen molar-refractivity contribution in [1.29, 1.82) is 5.26 Å². The second kappa shape index (κ2) is 12.9. The van der Waals surface area contributed by atoms with Gasteiger partial charge in [0, 0.05) is 16.7 Å². The summed E-state index contributed by atoms with van der Waals surface area (Å²) in [7, 11) is 0. The summed E-state index contributed by atoms with van der Waals surface area (Å²) in [6.45, 7) is 4.81. The monoisotopic (exact) mass is 636 g/mol. The van der Waals surface area contributed by atoms with Crippen molar-refractivity contribution in [2.45, 2.75) is 51.4 Å². The molecule has 2 unspecified atom stereocenters. The Morgan fingerprint density at radius 2 is 0.939 bits per heavy atom. The van der Waals surface area contributed by atoms with E-state index in [1.807, 2.05) is 18.2 Å². The average molecular weight is 637 g/mol. The van der Waals surface area contributed by atoms with E-state index in [4.69, 9.17) is 15.0 Å². The lowest BCUT2D eigenvalue weighted by atomic mass is 9.54. The number of hydrogen-bond acceptors (Lipinski definition) is 4. The third kappa shape index (κ3) is 6.30. The molecule has 5 aromatic carbocycles. The Balaban J connectivity index is 1.25. The van der Waals surface area contributed by atoms with Crippen LogP contribution >= 0.6 is 0 Å². The summed E-state index contributed by atoms with van der Waals surface area (Å²) in [6.07, 6.45) is 6.15. The summed E-state index contributed by atoms with van der Waals surface area (Å²) < 4.78 is 0. The van der Waals surface area contributed by atoms with E-state index in [9.17, 15) is 5.26 Å². The SMILES string of the molecule is C[C@@H]1CC2C[C@H](C)CC(c3cc(C#N)cc(-c4nc(-c5ccc(-c6ccccc6)cc5)nc(-c5ccc(-c6ccccc6)cc5)n4)c3)(C2)C1. The molecule has 49 heavy (non-hydrogen) atoms. The molecular formula is C45H40N4. The van der Waals surface area contributed by atoms with Crippen LogP contribution in [0.2, 0.25) is 0 Å². The van der Waals surface area contributed by atoms with Crippen LogP contribution in [0.4, 0.5) is 0 Å². The van der Waals surface area contributed by atoms with Crippen LogP contribution in [-0.2, 0) is 5.41 Å². The van der Waals surface area contributed by atoms with E-state index in [0.717, 1.165) is 46.6 Å². The maximum Gasteiger partial charge on any atom is 0.164 e. The Morgan fingerprint density at radius 1 is 0.510 bits per heavy atom.